The summed E-state index contributed by atoms with van der Waals surface area (Å²) in [6, 6.07) is 4.93. The molecular weight excluding hydrogens is 395 g/mol. The van der Waals surface area contributed by atoms with E-state index in [4.69, 9.17) is 0 Å². The molecule has 1 aromatic carbocycles. The number of phenols is 1. The van der Waals surface area contributed by atoms with Crippen LogP contribution in [0.1, 0.15) is 50.3 Å². The van der Waals surface area contributed by atoms with Gasteiger partial charge < -0.3 is 10.0 Å². The van der Waals surface area contributed by atoms with E-state index in [9.17, 15) is 9.50 Å². The molecule has 0 bridgehead atoms. The fourth-order valence-corrected chi connectivity index (χ4v) is 5.20. The average molecular weight is 423 g/mol. The van der Waals surface area contributed by atoms with Crippen molar-refractivity contribution in [2.24, 2.45) is 5.41 Å². The van der Waals surface area contributed by atoms with Crippen molar-refractivity contribution in [3.05, 3.63) is 42.4 Å². The zero-order chi connectivity index (χ0) is 21.4. The molecule has 162 valence electrons. The molecule has 2 aliphatic rings. The molecule has 8 heteroatoms. The van der Waals surface area contributed by atoms with Crippen molar-refractivity contribution in [3.63, 3.8) is 0 Å². The smallest absolute Gasteiger partial charge is 0.240 e. The Morgan fingerprint density at radius 1 is 1.16 bits per heavy atom. The van der Waals surface area contributed by atoms with Gasteiger partial charge in [0.25, 0.3) is 0 Å². The van der Waals surface area contributed by atoms with Gasteiger partial charge in [-0.25, -0.2) is 4.98 Å². The van der Waals surface area contributed by atoms with Crippen LogP contribution < -0.4 is 0 Å². The van der Waals surface area contributed by atoms with E-state index in [1.54, 1.807) is 18.3 Å². The molecule has 7 nitrogen and oxygen atoms in total. The highest BCUT2D eigenvalue weighted by Gasteiger charge is 2.39. The first kappa shape index (κ1) is 20.1. The quantitative estimate of drug-likeness (QED) is 0.659. The lowest BCUT2D eigenvalue weighted by atomic mass is 9.64. The predicted octanol–water partition coefficient (Wildman–Crippen LogP) is 4.14. The topological polar surface area (TPSA) is 90.8 Å². The van der Waals surface area contributed by atoms with Gasteiger partial charge in [0.15, 0.2) is 5.82 Å². The Kier molecular flexibility index (Phi) is 5.17. The molecule has 1 atom stereocenters. The number of likely N-dealkylation sites (tertiary alicyclic amines) is 1. The van der Waals surface area contributed by atoms with Gasteiger partial charge in [0.05, 0.1) is 11.8 Å². The van der Waals surface area contributed by atoms with Crippen molar-refractivity contribution in [3.8, 4) is 28.1 Å². The maximum atomic E-state index is 13.7. The van der Waals surface area contributed by atoms with Crippen molar-refractivity contribution < 1.29 is 9.50 Å². The number of H-pyrrole nitrogens is 1. The number of aromatic hydroxyl groups is 1. The largest absolute Gasteiger partial charge is 0.507 e. The van der Waals surface area contributed by atoms with Gasteiger partial charge in [-0.1, -0.05) is 12.5 Å². The molecule has 1 spiro atoms. The van der Waals surface area contributed by atoms with Crippen LogP contribution in [0, 0.1) is 11.4 Å². The molecule has 1 aliphatic carbocycles. The average Bonchev–Trinajstić information content (AvgIpc) is 3.22. The highest BCUT2D eigenvalue weighted by molar-refractivity contribution is 5.73. The van der Waals surface area contributed by atoms with Crippen molar-refractivity contribution >= 4 is 0 Å². The minimum absolute atomic E-state index is 0.00453. The molecule has 5 rings (SSSR count). The molecule has 0 amide bonds. The number of nitrogens with zero attached hydrogens (tertiary/aromatic N) is 5. The first-order chi connectivity index (χ1) is 15.0. The van der Waals surface area contributed by atoms with Crippen molar-refractivity contribution in [2.45, 2.75) is 44.4 Å². The van der Waals surface area contributed by atoms with Gasteiger partial charge in [-0.3, -0.25) is 5.10 Å². The van der Waals surface area contributed by atoms with Crippen LogP contribution in [-0.4, -0.2) is 55.5 Å². The van der Waals surface area contributed by atoms with Crippen LogP contribution in [-0.2, 0) is 0 Å². The van der Waals surface area contributed by atoms with E-state index in [1.165, 1.54) is 51.0 Å². The molecule has 3 aromatic rings. The van der Waals surface area contributed by atoms with Crippen LogP contribution in [0.3, 0.4) is 0 Å². The summed E-state index contributed by atoms with van der Waals surface area (Å²) in [6.45, 7) is 2.34. The third-order valence-electron chi connectivity index (χ3n) is 7.11. The fourth-order valence-electron chi connectivity index (χ4n) is 5.20. The highest BCUT2D eigenvalue weighted by atomic mass is 19.1. The Balaban J connectivity index is 1.34. The van der Waals surface area contributed by atoms with E-state index in [-0.39, 0.29) is 5.75 Å². The van der Waals surface area contributed by atoms with E-state index < -0.39 is 5.95 Å². The number of nitrogens with one attached hydrogen (secondary N) is 1. The summed E-state index contributed by atoms with van der Waals surface area (Å²) >= 11 is 0. The van der Waals surface area contributed by atoms with E-state index in [0.29, 0.717) is 33.7 Å². The second-order valence-electron chi connectivity index (χ2n) is 9.12. The Labute approximate surface area is 180 Å². The van der Waals surface area contributed by atoms with Crippen LogP contribution in [0.2, 0.25) is 0 Å². The van der Waals surface area contributed by atoms with Gasteiger partial charge in [0.1, 0.15) is 11.4 Å². The normalized spacial score (nSPS) is 21.4. The molecule has 2 N–H and O–H groups in total. The molecule has 2 fully saturated rings. The summed E-state index contributed by atoms with van der Waals surface area (Å²) in [7, 11) is 2.20. The second-order valence-corrected chi connectivity index (χ2v) is 9.12. The van der Waals surface area contributed by atoms with Crippen LogP contribution in [0.25, 0.3) is 22.4 Å². The first-order valence-corrected chi connectivity index (χ1v) is 10.9. The second kappa shape index (κ2) is 8.00. The van der Waals surface area contributed by atoms with E-state index in [1.807, 2.05) is 0 Å². The van der Waals surface area contributed by atoms with Crippen molar-refractivity contribution in [1.82, 2.24) is 30.3 Å². The van der Waals surface area contributed by atoms with Crippen molar-refractivity contribution in [1.29, 1.82) is 0 Å². The summed E-state index contributed by atoms with van der Waals surface area (Å²) in [4.78, 5) is 7.05. The standard InChI is InChI=1S/C23H27FN6O/c1-30-9-7-23(8-10-30)6-2-3-16(12-23)22-25-14-19(27-29-22)17-5-4-15(11-20(17)31)18-13-26-28-21(18)24/h4-5,11,13-14,16,31H,2-3,6-10,12H2,1H3,(H,26,28). The lowest BCUT2D eigenvalue weighted by Gasteiger charge is -2.45. The Hall–Kier alpha value is -2.87. The van der Waals surface area contributed by atoms with Gasteiger partial charge in [0.2, 0.25) is 5.95 Å². The number of benzene rings is 1. The van der Waals surface area contributed by atoms with Gasteiger partial charge in [-0.05, 0) is 75.4 Å². The SMILES string of the molecule is CN1CCC2(CCCC(c3ncc(-c4ccc(-c5c[nH]nc5F)cc4O)nn3)C2)CC1. The Morgan fingerprint density at radius 2 is 2.00 bits per heavy atom. The number of hydrogen-bond acceptors (Lipinski definition) is 6. The predicted molar refractivity (Wildman–Crippen MR) is 115 cm³/mol. The number of piperidine rings is 1. The van der Waals surface area contributed by atoms with Crippen LogP contribution >= 0.6 is 0 Å². The Bertz CT molecular complexity index is 1060. The summed E-state index contributed by atoms with van der Waals surface area (Å²) in [5.74, 6) is 0.551. The maximum absolute atomic E-state index is 13.7. The van der Waals surface area contributed by atoms with Crippen LogP contribution in [0.5, 0.6) is 5.75 Å². The minimum atomic E-state index is -0.604. The zero-order valence-corrected chi connectivity index (χ0v) is 17.7. The van der Waals surface area contributed by atoms with E-state index in [0.717, 1.165) is 18.7 Å². The van der Waals surface area contributed by atoms with Gasteiger partial charge >= 0.3 is 0 Å². The molecule has 1 saturated carbocycles. The molecular formula is C23H27FN6O. The molecule has 0 radical (unpaired) electrons. The molecule has 2 aromatic heterocycles. The summed E-state index contributed by atoms with van der Waals surface area (Å²) in [5, 5.41) is 25.3. The Morgan fingerprint density at radius 3 is 2.68 bits per heavy atom. The molecule has 1 aliphatic heterocycles. The number of halogens is 1. The monoisotopic (exact) mass is 422 g/mol. The molecule has 1 saturated heterocycles. The van der Waals surface area contributed by atoms with Crippen LogP contribution in [0.4, 0.5) is 4.39 Å². The summed E-state index contributed by atoms with van der Waals surface area (Å²) in [5.41, 5.74) is 2.30. The number of hydrogen-bond donors (Lipinski definition) is 2. The zero-order valence-electron chi connectivity index (χ0n) is 17.7. The van der Waals surface area contributed by atoms with Crippen molar-refractivity contribution in [2.75, 3.05) is 20.1 Å². The number of phenolic OH excluding ortho intramolecular Hbond substituents is 1. The van der Waals surface area contributed by atoms with E-state index in [2.05, 4.69) is 37.3 Å². The highest BCUT2D eigenvalue weighted by Crippen LogP contribution is 2.49. The fraction of sp³-hybridized carbons (Fsp3) is 0.478. The molecule has 3 heterocycles. The van der Waals surface area contributed by atoms with E-state index >= 15 is 0 Å². The third-order valence-corrected chi connectivity index (χ3v) is 7.11. The minimum Gasteiger partial charge on any atom is -0.507 e. The number of rotatable bonds is 3. The maximum Gasteiger partial charge on any atom is 0.240 e. The summed E-state index contributed by atoms with van der Waals surface area (Å²) in [6.07, 6.45) is 10.4. The van der Waals surface area contributed by atoms with Gasteiger partial charge in [-0.2, -0.15) is 4.39 Å². The first-order valence-electron chi connectivity index (χ1n) is 10.9. The number of aromatic nitrogens is 5. The lowest BCUT2D eigenvalue weighted by molar-refractivity contribution is 0.0696. The summed E-state index contributed by atoms with van der Waals surface area (Å²) < 4.78 is 13.7. The lowest BCUT2D eigenvalue weighted by Crippen LogP contribution is -2.40. The third kappa shape index (κ3) is 3.92. The molecule has 31 heavy (non-hydrogen) atoms. The molecule has 1 unspecified atom stereocenters. The van der Waals surface area contributed by atoms with Gasteiger partial charge in [0, 0.05) is 17.7 Å². The number of aromatic amines is 1. The van der Waals surface area contributed by atoms with Crippen LogP contribution in [0.15, 0.2) is 30.6 Å². The van der Waals surface area contributed by atoms with Gasteiger partial charge in [-0.15, -0.1) is 15.3 Å².